The molecule has 1 nitrogen and oxygen atoms in total. The molecule has 0 aromatic rings. The van der Waals surface area contributed by atoms with Crippen molar-refractivity contribution in [1.29, 1.82) is 0 Å². The second-order valence-electron chi connectivity index (χ2n) is 2.38. The third-order valence-corrected chi connectivity index (χ3v) is 3.04. The lowest BCUT2D eigenvalue weighted by Crippen LogP contribution is -1.92. The predicted octanol–water partition coefficient (Wildman–Crippen LogP) is 1.96. The fourth-order valence-corrected chi connectivity index (χ4v) is 2.02. The van der Waals surface area contributed by atoms with Crippen LogP contribution in [-0.4, -0.2) is 22.6 Å². The third kappa shape index (κ3) is 8.74. The van der Waals surface area contributed by atoms with Gasteiger partial charge >= 0.3 is 0 Å². The maximum atomic E-state index is 8.45. The molecule has 0 heterocycles. The van der Waals surface area contributed by atoms with E-state index in [-0.39, 0.29) is 8.81 Å². The molecule has 0 bridgehead atoms. The van der Waals surface area contributed by atoms with Gasteiger partial charge < -0.3 is 4.89 Å². The fraction of sp³-hybridized carbons (Fsp3) is 1.00. The molecule has 0 saturated carbocycles. The Balaban J connectivity index is 2.75. The summed E-state index contributed by atoms with van der Waals surface area (Å²) in [5.41, 5.74) is 0. The summed E-state index contributed by atoms with van der Waals surface area (Å²) in [5.74, 6) is 3.13. The minimum Gasteiger partial charge on any atom is -0.377 e. The molecule has 9 heavy (non-hydrogen) atoms. The van der Waals surface area contributed by atoms with Crippen molar-refractivity contribution in [3.8, 4) is 0 Å². The standard InChI is InChI=1S/C6H15OPS/c1-6(2)5-9-4-3-8-7/h6-8H,3-5H2,1-2H3. The van der Waals surface area contributed by atoms with Gasteiger partial charge in [0.15, 0.2) is 0 Å². The lowest BCUT2D eigenvalue weighted by Gasteiger charge is -2.01. The van der Waals surface area contributed by atoms with Gasteiger partial charge in [-0.3, -0.25) is 0 Å². The van der Waals surface area contributed by atoms with Crippen molar-refractivity contribution in [3.63, 3.8) is 0 Å². The highest BCUT2D eigenvalue weighted by atomic mass is 32.2. The number of rotatable bonds is 5. The zero-order chi connectivity index (χ0) is 7.11. The average Bonchev–Trinajstić information content (AvgIpc) is 1.80. The van der Waals surface area contributed by atoms with Crippen LogP contribution in [0, 0.1) is 5.92 Å². The topological polar surface area (TPSA) is 20.2 Å². The minimum absolute atomic E-state index is 0.140. The maximum absolute atomic E-state index is 8.45. The van der Waals surface area contributed by atoms with Crippen molar-refractivity contribution in [2.45, 2.75) is 13.8 Å². The van der Waals surface area contributed by atoms with E-state index in [1.54, 1.807) is 0 Å². The van der Waals surface area contributed by atoms with E-state index >= 15 is 0 Å². The van der Waals surface area contributed by atoms with Crippen LogP contribution in [0.1, 0.15) is 13.8 Å². The largest absolute Gasteiger partial charge is 0.377 e. The van der Waals surface area contributed by atoms with Crippen LogP contribution in [0.2, 0.25) is 0 Å². The summed E-state index contributed by atoms with van der Waals surface area (Å²) in [6.45, 7) is 4.43. The van der Waals surface area contributed by atoms with Gasteiger partial charge in [-0.25, -0.2) is 0 Å². The molecule has 0 saturated heterocycles. The highest BCUT2D eigenvalue weighted by molar-refractivity contribution is 7.99. The molecular weight excluding hydrogens is 151 g/mol. The van der Waals surface area contributed by atoms with Crippen LogP contribution in [-0.2, 0) is 0 Å². The zero-order valence-corrected chi connectivity index (χ0v) is 7.87. The molecular formula is C6H15OPS. The highest BCUT2D eigenvalue weighted by Crippen LogP contribution is 2.10. The lowest BCUT2D eigenvalue weighted by atomic mass is 10.3. The summed E-state index contributed by atoms with van der Waals surface area (Å²) in [4.78, 5) is 8.45. The second-order valence-corrected chi connectivity index (χ2v) is 4.34. The van der Waals surface area contributed by atoms with Gasteiger partial charge in [-0.2, -0.15) is 11.8 Å². The third-order valence-electron chi connectivity index (χ3n) is 0.809. The van der Waals surface area contributed by atoms with Gasteiger partial charge in [-0.1, -0.05) is 13.8 Å². The molecule has 0 rings (SSSR count). The molecule has 0 aliphatic rings. The smallest absolute Gasteiger partial charge is 0.0115 e. The predicted molar refractivity (Wildman–Crippen MR) is 47.6 cm³/mol. The highest BCUT2D eigenvalue weighted by Gasteiger charge is 1.92. The van der Waals surface area contributed by atoms with Crippen LogP contribution in [0.4, 0.5) is 0 Å². The number of thioether (sulfide) groups is 1. The van der Waals surface area contributed by atoms with E-state index in [9.17, 15) is 0 Å². The van der Waals surface area contributed by atoms with Gasteiger partial charge in [0, 0.05) is 8.81 Å². The molecule has 1 unspecified atom stereocenters. The van der Waals surface area contributed by atoms with Crippen LogP contribution in [0.15, 0.2) is 0 Å². The Morgan fingerprint density at radius 3 is 2.67 bits per heavy atom. The Bertz CT molecular complexity index is 59.0. The lowest BCUT2D eigenvalue weighted by molar-refractivity contribution is 0.647. The van der Waals surface area contributed by atoms with Gasteiger partial charge in [-0.05, 0) is 23.6 Å². The van der Waals surface area contributed by atoms with Gasteiger partial charge in [0.2, 0.25) is 0 Å². The van der Waals surface area contributed by atoms with E-state index in [4.69, 9.17) is 4.89 Å². The minimum atomic E-state index is 0.140. The van der Waals surface area contributed by atoms with Crippen molar-refractivity contribution in [2.75, 3.05) is 17.7 Å². The molecule has 0 fully saturated rings. The summed E-state index contributed by atoms with van der Waals surface area (Å²) >= 11 is 1.93. The number of hydrogen-bond acceptors (Lipinski definition) is 2. The Morgan fingerprint density at radius 2 is 2.22 bits per heavy atom. The molecule has 0 aliphatic heterocycles. The molecule has 1 atom stereocenters. The summed E-state index contributed by atoms with van der Waals surface area (Å²) in [7, 11) is 0.140. The first-order valence-electron chi connectivity index (χ1n) is 3.22. The van der Waals surface area contributed by atoms with E-state index < -0.39 is 0 Å². The van der Waals surface area contributed by atoms with Gasteiger partial charge in [-0.15, -0.1) is 0 Å². The Morgan fingerprint density at radius 1 is 1.56 bits per heavy atom. The van der Waals surface area contributed by atoms with Crippen LogP contribution in [0.25, 0.3) is 0 Å². The molecule has 3 heteroatoms. The molecule has 0 aromatic carbocycles. The Kier molecular flexibility index (Phi) is 7.42. The Hall–Kier alpha value is 0.740. The summed E-state index contributed by atoms with van der Waals surface area (Å²) in [6.07, 6.45) is 0.970. The van der Waals surface area contributed by atoms with E-state index in [2.05, 4.69) is 13.8 Å². The van der Waals surface area contributed by atoms with Crippen molar-refractivity contribution < 1.29 is 4.89 Å². The first-order chi connectivity index (χ1) is 4.27. The van der Waals surface area contributed by atoms with Crippen LogP contribution >= 0.6 is 20.6 Å². The Labute approximate surface area is 63.5 Å². The molecule has 56 valence electrons. The first-order valence-corrected chi connectivity index (χ1v) is 5.53. The molecule has 0 amide bonds. The number of hydrogen-bond donors (Lipinski definition) is 1. The SMILES string of the molecule is CC(C)CSCCPO. The summed E-state index contributed by atoms with van der Waals surface area (Å²) < 4.78 is 0. The van der Waals surface area contributed by atoms with E-state index in [0.717, 1.165) is 17.8 Å². The fourth-order valence-electron chi connectivity index (χ4n) is 0.437. The van der Waals surface area contributed by atoms with Gasteiger partial charge in [0.05, 0.1) is 0 Å². The van der Waals surface area contributed by atoms with Crippen molar-refractivity contribution in [2.24, 2.45) is 5.92 Å². The van der Waals surface area contributed by atoms with Crippen molar-refractivity contribution in [3.05, 3.63) is 0 Å². The van der Waals surface area contributed by atoms with Crippen LogP contribution in [0.5, 0.6) is 0 Å². The molecule has 0 aromatic heterocycles. The van der Waals surface area contributed by atoms with Gasteiger partial charge in [0.1, 0.15) is 0 Å². The van der Waals surface area contributed by atoms with Crippen molar-refractivity contribution >= 4 is 20.6 Å². The van der Waals surface area contributed by atoms with Crippen LogP contribution in [0.3, 0.4) is 0 Å². The molecule has 0 spiro atoms. The van der Waals surface area contributed by atoms with E-state index in [1.165, 1.54) is 5.75 Å². The quantitative estimate of drug-likeness (QED) is 0.497. The van der Waals surface area contributed by atoms with E-state index in [1.807, 2.05) is 11.8 Å². The van der Waals surface area contributed by atoms with E-state index in [0.29, 0.717) is 0 Å². The van der Waals surface area contributed by atoms with Crippen molar-refractivity contribution in [1.82, 2.24) is 0 Å². The molecule has 1 N–H and O–H groups in total. The molecule has 0 aliphatic carbocycles. The second kappa shape index (κ2) is 6.85. The first kappa shape index (κ1) is 9.74. The monoisotopic (exact) mass is 166 g/mol. The zero-order valence-electron chi connectivity index (χ0n) is 6.05. The molecule has 0 radical (unpaired) electrons. The normalized spacial score (nSPS) is 12.0. The average molecular weight is 166 g/mol. The van der Waals surface area contributed by atoms with Gasteiger partial charge in [0.25, 0.3) is 0 Å². The maximum Gasteiger partial charge on any atom is 0.0115 e. The summed E-state index contributed by atoms with van der Waals surface area (Å²) in [5, 5.41) is 0. The summed E-state index contributed by atoms with van der Waals surface area (Å²) in [6, 6.07) is 0. The van der Waals surface area contributed by atoms with Crippen LogP contribution < -0.4 is 0 Å².